The molecular formula is C7H17Cl2NSi. The molecule has 0 heterocycles. The Labute approximate surface area is 79.7 Å². The second kappa shape index (κ2) is 5.41. The third-order valence-electron chi connectivity index (χ3n) is 1.85. The van der Waals surface area contributed by atoms with Gasteiger partial charge in [0.25, 0.3) is 6.69 Å². The van der Waals surface area contributed by atoms with Crippen molar-refractivity contribution < 1.29 is 0 Å². The molecule has 0 aliphatic carbocycles. The molecule has 0 aromatic carbocycles. The summed E-state index contributed by atoms with van der Waals surface area (Å²) in [5.74, 6) is 0. The van der Waals surface area contributed by atoms with Crippen LogP contribution in [-0.4, -0.2) is 12.4 Å². The quantitative estimate of drug-likeness (QED) is 0.552. The highest BCUT2D eigenvalue weighted by Crippen LogP contribution is 2.27. The fraction of sp³-hybridized carbons (Fsp3) is 1.00. The predicted octanol–water partition coefficient (Wildman–Crippen LogP) is 2.98. The Bertz CT molecular complexity index is 109. The molecule has 1 atom stereocenters. The molecule has 0 aliphatic heterocycles. The Morgan fingerprint density at radius 3 is 2.27 bits per heavy atom. The minimum Gasteiger partial charge on any atom is -0.328 e. The summed E-state index contributed by atoms with van der Waals surface area (Å²) in [6.07, 6.45) is 3.14. The zero-order valence-corrected chi connectivity index (χ0v) is 9.75. The highest BCUT2D eigenvalue weighted by molar-refractivity contribution is 7.46. The topological polar surface area (TPSA) is 26.0 Å². The zero-order valence-electron chi connectivity index (χ0n) is 7.24. The van der Waals surface area contributed by atoms with Gasteiger partial charge in [-0.25, -0.2) is 0 Å². The molecule has 68 valence electrons. The van der Waals surface area contributed by atoms with E-state index in [2.05, 4.69) is 6.92 Å². The van der Waals surface area contributed by atoms with E-state index in [9.17, 15) is 0 Å². The number of nitrogens with two attached hydrogens (primary N) is 1. The number of hydrogen-bond donors (Lipinski definition) is 1. The maximum Gasteiger partial charge on any atom is 0.267 e. The summed E-state index contributed by atoms with van der Waals surface area (Å²) in [6, 6.07) is 0.932. The van der Waals surface area contributed by atoms with Gasteiger partial charge in [0.1, 0.15) is 0 Å². The maximum atomic E-state index is 6.14. The molecule has 0 spiro atoms. The van der Waals surface area contributed by atoms with Gasteiger partial charge < -0.3 is 5.73 Å². The molecule has 1 nitrogen and oxygen atoms in total. The van der Waals surface area contributed by atoms with Gasteiger partial charge in [-0.1, -0.05) is 26.7 Å². The maximum absolute atomic E-state index is 6.14. The molecule has 0 fully saturated rings. The van der Waals surface area contributed by atoms with Crippen molar-refractivity contribution >= 4 is 28.9 Å². The number of rotatable bonds is 5. The van der Waals surface area contributed by atoms with Gasteiger partial charge in [-0.05, 0) is 12.5 Å². The van der Waals surface area contributed by atoms with Crippen LogP contribution in [0.1, 0.15) is 33.1 Å². The molecule has 11 heavy (non-hydrogen) atoms. The van der Waals surface area contributed by atoms with E-state index in [1.165, 1.54) is 0 Å². The lowest BCUT2D eigenvalue weighted by Gasteiger charge is -2.22. The molecule has 4 heteroatoms. The molecule has 0 rings (SSSR count). The van der Waals surface area contributed by atoms with Crippen molar-refractivity contribution in [3.63, 3.8) is 0 Å². The Kier molecular flexibility index (Phi) is 5.78. The van der Waals surface area contributed by atoms with Crippen molar-refractivity contribution in [3.8, 4) is 0 Å². The van der Waals surface area contributed by atoms with Gasteiger partial charge >= 0.3 is 0 Å². The van der Waals surface area contributed by atoms with Crippen LogP contribution < -0.4 is 5.73 Å². The van der Waals surface area contributed by atoms with E-state index in [1.54, 1.807) is 0 Å². The number of unbranched alkanes of at least 4 members (excludes halogenated alkanes) is 1. The van der Waals surface area contributed by atoms with E-state index in [4.69, 9.17) is 27.9 Å². The van der Waals surface area contributed by atoms with Gasteiger partial charge in [0.05, 0.1) is 0 Å². The first-order chi connectivity index (χ1) is 5.04. The Morgan fingerprint density at radius 1 is 1.36 bits per heavy atom. The first-order valence-electron chi connectivity index (χ1n) is 4.18. The first-order valence-corrected chi connectivity index (χ1v) is 8.48. The summed E-state index contributed by atoms with van der Waals surface area (Å²) < 4.78 is 0. The lowest BCUT2D eigenvalue weighted by atomic mass is 10.4. The molecule has 0 saturated heterocycles. The second-order valence-electron chi connectivity index (χ2n) is 2.88. The van der Waals surface area contributed by atoms with Crippen LogP contribution >= 0.6 is 22.2 Å². The molecular weight excluding hydrogens is 197 g/mol. The normalized spacial score (nSPS) is 15.0. The Morgan fingerprint density at radius 2 is 1.91 bits per heavy atom. The molecule has 0 radical (unpaired) electrons. The molecule has 0 bridgehead atoms. The SMILES string of the molecule is CCCC[Si](Cl)(Cl)C(N)CC. The van der Waals surface area contributed by atoms with Crippen molar-refractivity contribution in [1.29, 1.82) is 0 Å². The molecule has 0 aromatic heterocycles. The smallest absolute Gasteiger partial charge is 0.267 e. The van der Waals surface area contributed by atoms with Crippen LogP contribution in [0.15, 0.2) is 0 Å². The zero-order chi connectivity index (χ0) is 8.91. The van der Waals surface area contributed by atoms with E-state index in [0.717, 1.165) is 25.3 Å². The average molecular weight is 214 g/mol. The third kappa shape index (κ3) is 4.36. The van der Waals surface area contributed by atoms with Gasteiger partial charge in [0, 0.05) is 5.67 Å². The summed E-state index contributed by atoms with van der Waals surface area (Å²) >= 11 is 12.3. The standard InChI is InChI=1S/C7H17Cl2NSi/c1-3-5-6-11(8,9)7(10)4-2/h7H,3-6,10H2,1-2H3. The second-order valence-corrected chi connectivity index (χ2v) is 10.3. The Hall–Kier alpha value is 0.757. The van der Waals surface area contributed by atoms with Crippen LogP contribution in [0.3, 0.4) is 0 Å². The summed E-state index contributed by atoms with van der Waals surface area (Å²) in [7, 11) is 0. The number of hydrogen-bond acceptors (Lipinski definition) is 1. The van der Waals surface area contributed by atoms with Gasteiger partial charge in [-0.2, -0.15) is 0 Å². The lowest BCUT2D eigenvalue weighted by molar-refractivity contribution is 0.806. The van der Waals surface area contributed by atoms with Gasteiger partial charge in [-0.3, -0.25) is 0 Å². The van der Waals surface area contributed by atoms with Crippen LogP contribution in [0.4, 0.5) is 0 Å². The molecule has 2 N–H and O–H groups in total. The van der Waals surface area contributed by atoms with Crippen molar-refractivity contribution in [3.05, 3.63) is 0 Å². The van der Waals surface area contributed by atoms with Crippen LogP contribution in [0.25, 0.3) is 0 Å². The van der Waals surface area contributed by atoms with Gasteiger partial charge in [0.15, 0.2) is 0 Å². The van der Waals surface area contributed by atoms with Gasteiger partial charge in [-0.15, -0.1) is 22.2 Å². The van der Waals surface area contributed by atoms with Crippen molar-refractivity contribution in [1.82, 2.24) is 0 Å². The van der Waals surface area contributed by atoms with Crippen molar-refractivity contribution in [2.45, 2.75) is 44.8 Å². The minimum atomic E-state index is -2.11. The highest BCUT2D eigenvalue weighted by Gasteiger charge is 2.33. The average Bonchev–Trinajstić information content (AvgIpc) is 1.99. The monoisotopic (exact) mass is 213 g/mol. The molecule has 0 aromatic rings. The van der Waals surface area contributed by atoms with E-state index < -0.39 is 6.69 Å². The van der Waals surface area contributed by atoms with E-state index in [-0.39, 0.29) is 5.67 Å². The fourth-order valence-corrected chi connectivity index (χ4v) is 4.42. The van der Waals surface area contributed by atoms with Crippen LogP contribution in [0.5, 0.6) is 0 Å². The van der Waals surface area contributed by atoms with E-state index >= 15 is 0 Å². The number of halogens is 2. The predicted molar refractivity (Wildman–Crippen MR) is 55.4 cm³/mol. The summed E-state index contributed by atoms with van der Waals surface area (Å²) in [4.78, 5) is 0. The molecule has 0 saturated carbocycles. The molecule has 0 aliphatic rings. The summed E-state index contributed by atoms with van der Waals surface area (Å²) in [5, 5.41) is 0. The van der Waals surface area contributed by atoms with E-state index in [0.29, 0.717) is 0 Å². The highest BCUT2D eigenvalue weighted by atomic mass is 35.7. The fourth-order valence-electron chi connectivity index (χ4n) is 0.897. The Balaban J connectivity index is 3.77. The largest absolute Gasteiger partial charge is 0.328 e. The van der Waals surface area contributed by atoms with Crippen LogP contribution in [0, 0.1) is 0 Å². The van der Waals surface area contributed by atoms with Gasteiger partial charge in [0.2, 0.25) is 0 Å². The van der Waals surface area contributed by atoms with Crippen molar-refractivity contribution in [2.24, 2.45) is 5.73 Å². The van der Waals surface area contributed by atoms with Crippen LogP contribution in [-0.2, 0) is 0 Å². The first kappa shape index (κ1) is 11.8. The summed E-state index contributed by atoms with van der Waals surface area (Å²) in [6.45, 7) is 2.06. The van der Waals surface area contributed by atoms with Crippen LogP contribution in [0.2, 0.25) is 6.04 Å². The van der Waals surface area contributed by atoms with Crippen molar-refractivity contribution in [2.75, 3.05) is 0 Å². The minimum absolute atomic E-state index is 0.0392. The third-order valence-corrected chi connectivity index (χ3v) is 7.18. The molecule has 0 amide bonds. The lowest BCUT2D eigenvalue weighted by Crippen LogP contribution is -2.43. The van der Waals surface area contributed by atoms with E-state index in [1.807, 2.05) is 6.92 Å². The molecule has 1 unspecified atom stereocenters. The summed E-state index contributed by atoms with van der Waals surface area (Å²) in [5.41, 5.74) is 5.83.